The van der Waals surface area contributed by atoms with Crippen molar-refractivity contribution in [2.75, 3.05) is 19.0 Å². The second kappa shape index (κ2) is 9.35. The number of hydrogen-bond donors (Lipinski definition) is 2. The molecule has 1 aromatic carbocycles. The average Bonchev–Trinajstić information content (AvgIpc) is 2.69. The molecule has 0 atom stereocenters. The minimum atomic E-state index is -0.142. The number of rotatable bonds is 7. The molecule has 1 heterocycles. The molecule has 6 heteroatoms. The molecule has 1 aliphatic rings. The lowest BCUT2D eigenvalue weighted by Gasteiger charge is -2.24. The van der Waals surface area contributed by atoms with Gasteiger partial charge < -0.3 is 15.4 Å². The Bertz CT molecular complexity index is 773. The van der Waals surface area contributed by atoms with Crippen LogP contribution in [0.2, 0.25) is 0 Å². The summed E-state index contributed by atoms with van der Waals surface area (Å²) in [5.74, 6) is 2.00. The van der Waals surface area contributed by atoms with Gasteiger partial charge in [0.05, 0.1) is 7.11 Å². The minimum Gasteiger partial charge on any atom is -0.497 e. The molecule has 3 rings (SSSR count). The van der Waals surface area contributed by atoms with E-state index in [1.807, 2.05) is 31.2 Å². The standard InChI is InChI=1S/C21H28N4O2/c1-15-23-14-19(20(24-15)25-17-8-4-3-5-9-17)21(26)22-12-11-16-7-6-10-18(13-16)27-2/h6-7,10,13-14,17H,3-5,8-9,11-12H2,1-2H3,(H,22,26)(H,23,24,25). The molecular weight excluding hydrogens is 340 g/mol. The first-order valence-corrected chi connectivity index (χ1v) is 9.67. The summed E-state index contributed by atoms with van der Waals surface area (Å²) in [4.78, 5) is 21.4. The van der Waals surface area contributed by atoms with Gasteiger partial charge in [-0.2, -0.15) is 0 Å². The van der Waals surface area contributed by atoms with Crippen LogP contribution in [0, 0.1) is 6.92 Å². The fourth-order valence-corrected chi connectivity index (χ4v) is 3.43. The van der Waals surface area contributed by atoms with Gasteiger partial charge in [-0.05, 0) is 43.9 Å². The van der Waals surface area contributed by atoms with Gasteiger partial charge in [0.25, 0.3) is 5.91 Å². The maximum absolute atomic E-state index is 12.7. The highest BCUT2D eigenvalue weighted by molar-refractivity contribution is 5.98. The Morgan fingerprint density at radius 3 is 2.85 bits per heavy atom. The van der Waals surface area contributed by atoms with Crippen LogP contribution in [-0.2, 0) is 6.42 Å². The van der Waals surface area contributed by atoms with Crippen molar-refractivity contribution in [2.45, 2.75) is 51.5 Å². The molecule has 1 amide bonds. The number of anilines is 1. The van der Waals surface area contributed by atoms with E-state index in [-0.39, 0.29) is 5.91 Å². The molecule has 0 radical (unpaired) electrons. The van der Waals surface area contributed by atoms with Crippen molar-refractivity contribution in [1.82, 2.24) is 15.3 Å². The van der Waals surface area contributed by atoms with E-state index in [4.69, 9.17) is 4.74 Å². The number of carbonyl (C=O) groups is 1. The van der Waals surface area contributed by atoms with Gasteiger partial charge in [-0.1, -0.05) is 31.4 Å². The fraction of sp³-hybridized carbons (Fsp3) is 0.476. The summed E-state index contributed by atoms with van der Waals surface area (Å²) >= 11 is 0. The summed E-state index contributed by atoms with van der Waals surface area (Å²) in [5, 5.41) is 6.45. The summed E-state index contributed by atoms with van der Waals surface area (Å²) in [6, 6.07) is 8.26. The number of aromatic nitrogens is 2. The highest BCUT2D eigenvalue weighted by Crippen LogP contribution is 2.22. The Morgan fingerprint density at radius 2 is 2.07 bits per heavy atom. The number of hydrogen-bond acceptors (Lipinski definition) is 5. The number of methoxy groups -OCH3 is 1. The first-order chi connectivity index (χ1) is 13.2. The number of aryl methyl sites for hydroxylation is 1. The van der Waals surface area contributed by atoms with E-state index < -0.39 is 0 Å². The van der Waals surface area contributed by atoms with Gasteiger partial charge in [0.1, 0.15) is 23.0 Å². The van der Waals surface area contributed by atoms with Gasteiger partial charge in [0, 0.05) is 18.8 Å². The van der Waals surface area contributed by atoms with Crippen LogP contribution in [0.1, 0.15) is 53.8 Å². The zero-order chi connectivity index (χ0) is 19.1. The van der Waals surface area contributed by atoms with Crippen molar-refractivity contribution in [3.63, 3.8) is 0 Å². The molecule has 1 aliphatic carbocycles. The molecule has 2 aromatic rings. The summed E-state index contributed by atoms with van der Waals surface area (Å²) in [6.45, 7) is 2.39. The Kier molecular flexibility index (Phi) is 6.63. The number of amides is 1. The van der Waals surface area contributed by atoms with Crippen molar-refractivity contribution in [2.24, 2.45) is 0 Å². The monoisotopic (exact) mass is 368 g/mol. The molecule has 0 bridgehead atoms. The molecule has 27 heavy (non-hydrogen) atoms. The quantitative estimate of drug-likeness (QED) is 0.782. The Labute approximate surface area is 160 Å². The highest BCUT2D eigenvalue weighted by atomic mass is 16.5. The Morgan fingerprint density at radius 1 is 1.26 bits per heavy atom. The van der Waals surface area contributed by atoms with Crippen LogP contribution in [0.15, 0.2) is 30.5 Å². The van der Waals surface area contributed by atoms with E-state index in [0.29, 0.717) is 29.8 Å². The van der Waals surface area contributed by atoms with Crippen LogP contribution in [0.3, 0.4) is 0 Å². The molecule has 6 nitrogen and oxygen atoms in total. The van der Waals surface area contributed by atoms with E-state index in [2.05, 4.69) is 20.6 Å². The van der Waals surface area contributed by atoms with Gasteiger partial charge in [-0.25, -0.2) is 9.97 Å². The summed E-state index contributed by atoms with van der Waals surface area (Å²) in [5.41, 5.74) is 1.63. The van der Waals surface area contributed by atoms with Crippen molar-refractivity contribution in [3.8, 4) is 5.75 Å². The smallest absolute Gasteiger partial charge is 0.256 e. The molecule has 0 spiro atoms. The SMILES string of the molecule is COc1cccc(CCNC(=O)c2cnc(C)nc2NC2CCCCC2)c1. The van der Waals surface area contributed by atoms with Crippen LogP contribution in [0.4, 0.5) is 5.82 Å². The third-order valence-electron chi connectivity index (χ3n) is 4.93. The predicted molar refractivity (Wildman–Crippen MR) is 106 cm³/mol. The van der Waals surface area contributed by atoms with E-state index >= 15 is 0 Å². The molecule has 0 aliphatic heterocycles. The van der Waals surface area contributed by atoms with E-state index in [1.54, 1.807) is 13.3 Å². The maximum atomic E-state index is 12.7. The summed E-state index contributed by atoms with van der Waals surface area (Å²) in [7, 11) is 1.65. The zero-order valence-electron chi connectivity index (χ0n) is 16.1. The van der Waals surface area contributed by atoms with Gasteiger partial charge >= 0.3 is 0 Å². The van der Waals surface area contributed by atoms with Crippen LogP contribution in [0.5, 0.6) is 5.75 Å². The van der Waals surface area contributed by atoms with Gasteiger partial charge in [0.15, 0.2) is 0 Å². The van der Waals surface area contributed by atoms with E-state index in [0.717, 1.165) is 30.6 Å². The second-order valence-corrected chi connectivity index (χ2v) is 7.02. The lowest BCUT2D eigenvalue weighted by molar-refractivity contribution is 0.0954. The minimum absolute atomic E-state index is 0.142. The highest BCUT2D eigenvalue weighted by Gasteiger charge is 2.19. The molecule has 1 saturated carbocycles. The fourth-order valence-electron chi connectivity index (χ4n) is 3.43. The first kappa shape index (κ1) is 19.1. The molecule has 2 N–H and O–H groups in total. The molecule has 0 saturated heterocycles. The van der Waals surface area contributed by atoms with Crippen molar-refractivity contribution in [3.05, 3.63) is 47.4 Å². The van der Waals surface area contributed by atoms with E-state index in [1.165, 1.54) is 19.3 Å². The molecule has 0 unspecified atom stereocenters. The lowest BCUT2D eigenvalue weighted by atomic mass is 9.95. The number of nitrogens with zero attached hydrogens (tertiary/aromatic N) is 2. The maximum Gasteiger partial charge on any atom is 0.256 e. The van der Waals surface area contributed by atoms with Gasteiger partial charge in [-0.3, -0.25) is 4.79 Å². The van der Waals surface area contributed by atoms with Crippen molar-refractivity contribution >= 4 is 11.7 Å². The second-order valence-electron chi connectivity index (χ2n) is 7.02. The largest absolute Gasteiger partial charge is 0.497 e. The zero-order valence-corrected chi connectivity index (χ0v) is 16.1. The van der Waals surface area contributed by atoms with Crippen LogP contribution in [-0.4, -0.2) is 35.6 Å². The predicted octanol–water partition coefficient (Wildman–Crippen LogP) is 3.51. The van der Waals surface area contributed by atoms with Crippen molar-refractivity contribution < 1.29 is 9.53 Å². The van der Waals surface area contributed by atoms with Gasteiger partial charge in [0.2, 0.25) is 0 Å². The van der Waals surface area contributed by atoms with Crippen LogP contribution >= 0.6 is 0 Å². The Balaban J connectivity index is 1.61. The number of nitrogens with one attached hydrogen (secondary N) is 2. The number of ether oxygens (including phenoxy) is 1. The summed E-state index contributed by atoms with van der Waals surface area (Å²) in [6.07, 6.45) is 8.35. The topological polar surface area (TPSA) is 76.1 Å². The summed E-state index contributed by atoms with van der Waals surface area (Å²) < 4.78 is 5.24. The number of carbonyl (C=O) groups excluding carboxylic acids is 1. The lowest BCUT2D eigenvalue weighted by Crippen LogP contribution is -2.29. The molecular formula is C21H28N4O2. The number of benzene rings is 1. The third-order valence-corrected chi connectivity index (χ3v) is 4.93. The van der Waals surface area contributed by atoms with Crippen LogP contribution in [0.25, 0.3) is 0 Å². The molecule has 1 aromatic heterocycles. The van der Waals surface area contributed by atoms with Gasteiger partial charge in [-0.15, -0.1) is 0 Å². The molecule has 144 valence electrons. The molecule has 1 fully saturated rings. The first-order valence-electron chi connectivity index (χ1n) is 9.67. The normalized spacial score (nSPS) is 14.6. The Hall–Kier alpha value is -2.63. The van der Waals surface area contributed by atoms with E-state index in [9.17, 15) is 4.79 Å². The van der Waals surface area contributed by atoms with Crippen LogP contribution < -0.4 is 15.4 Å². The average molecular weight is 368 g/mol. The third kappa shape index (κ3) is 5.42. The van der Waals surface area contributed by atoms with Crippen molar-refractivity contribution in [1.29, 1.82) is 0 Å².